The van der Waals surface area contributed by atoms with E-state index < -0.39 is 0 Å². The third kappa shape index (κ3) is 4.81. The van der Waals surface area contributed by atoms with Crippen LogP contribution in [0.3, 0.4) is 0 Å². The van der Waals surface area contributed by atoms with Gasteiger partial charge in [0.05, 0.1) is 18.9 Å². The number of nitrogens with zero attached hydrogens (tertiary/aromatic N) is 3. The van der Waals surface area contributed by atoms with E-state index in [0.29, 0.717) is 0 Å². The van der Waals surface area contributed by atoms with Gasteiger partial charge in [-0.2, -0.15) is 0 Å². The fourth-order valence-corrected chi connectivity index (χ4v) is 3.49. The molecule has 0 saturated carbocycles. The van der Waals surface area contributed by atoms with Gasteiger partial charge in [0.1, 0.15) is 0 Å². The van der Waals surface area contributed by atoms with Crippen LogP contribution < -0.4 is 5.32 Å². The number of hydrogen-bond donors (Lipinski definition) is 1. The van der Waals surface area contributed by atoms with E-state index in [1.807, 2.05) is 36.8 Å². The van der Waals surface area contributed by atoms with Crippen molar-refractivity contribution in [2.24, 2.45) is 0 Å². The molecule has 4 rings (SSSR count). The molecule has 0 aliphatic carbocycles. The molecule has 1 N–H and O–H groups in total. The normalized spacial score (nSPS) is 14.9. The zero-order valence-corrected chi connectivity index (χ0v) is 16.1. The van der Waals surface area contributed by atoms with Gasteiger partial charge in [0.2, 0.25) is 0 Å². The predicted octanol–water partition coefficient (Wildman–Crippen LogP) is 3.23. The summed E-state index contributed by atoms with van der Waals surface area (Å²) in [5, 5.41) is 3.60. The zero-order chi connectivity index (χ0) is 19.0. The van der Waals surface area contributed by atoms with E-state index in [2.05, 4.69) is 45.5 Å². The second kappa shape index (κ2) is 9.55. The summed E-state index contributed by atoms with van der Waals surface area (Å²) < 4.78 is 5.42. The molecule has 0 unspecified atom stereocenters. The summed E-state index contributed by atoms with van der Waals surface area (Å²) in [4.78, 5) is 11.4. The highest BCUT2D eigenvalue weighted by Gasteiger charge is 2.11. The molecule has 1 aliphatic rings. The van der Waals surface area contributed by atoms with Crippen LogP contribution in [0, 0.1) is 0 Å². The lowest BCUT2D eigenvalue weighted by Gasteiger charge is -2.26. The van der Waals surface area contributed by atoms with Gasteiger partial charge in [0.25, 0.3) is 0 Å². The van der Waals surface area contributed by atoms with E-state index >= 15 is 0 Å². The Morgan fingerprint density at radius 1 is 0.929 bits per heavy atom. The maximum absolute atomic E-state index is 5.42. The number of pyridine rings is 2. The molecule has 3 aromatic rings. The Balaban J connectivity index is 1.50. The Kier molecular flexibility index (Phi) is 6.40. The fraction of sp³-hybridized carbons (Fsp3) is 0.304. The molecule has 0 amide bonds. The molecule has 1 aromatic carbocycles. The Bertz CT molecular complexity index is 864. The summed E-state index contributed by atoms with van der Waals surface area (Å²) in [6.45, 7) is 6.51. The highest BCUT2D eigenvalue weighted by atomic mass is 16.5. The average molecular weight is 374 g/mol. The maximum Gasteiger partial charge on any atom is 0.0748 e. The number of aromatic nitrogens is 2. The summed E-state index contributed by atoms with van der Waals surface area (Å²) in [6, 6.07) is 16.7. The quantitative estimate of drug-likeness (QED) is 0.644. The van der Waals surface area contributed by atoms with E-state index in [-0.39, 0.29) is 0 Å². The molecule has 0 atom stereocenters. The van der Waals surface area contributed by atoms with Gasteiger partial charge in [0, 0.05) is 62.4 Å². The van der Waals surface area contributed by atoms with Crippen LogP contribution in [0.25, 0.3) is 22.4 Å². The number of hydrogen-bond acceptors (Lipinski definition) is 5. The van der Waals surface area contributed by atoms with Crippen molar-refractivity contribution in [2.75, 3.05) is 39.4 Å². The average Bonchev–Trinajstić information content (AvgIpc) is 2.78. The molecule has 1 aliphatic heterocycles. The van der Waals surface area contributed by atoms with Gasteiger partial charge in [-0.25, -0.2) is 0 Å². The van der Waals surface area contributed by atoms with Gasteiger partial charge in [-0.05, 0) is 29.3 Å². The van der Waals surface area contributed by atoms with Crippen LogP contribution in [0.2, 0.25) is 0 Å². The van der Waals surface area contributed by atoms with Gasteiger partial charge >= 0.3 is 0 Å². The van der Waals surface area contributed by atoms with Crippen molar-refractivity contribution < 1.29 is 4.74 Å². The van der Waals surface area contributed by atoms with Crippen LogP contribution >= 0.6 is 0 Å². The van der Waals surface area contributed by atoms with Crippen molar-refractivity contribution in [3.63, 3.8) is 0 Å². The van der Waals surface area contributed by atoms with Crippen LogP contribution in [0.1, 0.15) is 5.56 Å². The number of nitrogens with one attached hydrogen (secondary N) is 1. The molecule has 28 heavy (non-hydrogen) atoms. The minimum absolute atomic E-state index is 0.787. The predicted molar refractivity (Wildman–Crippen MR) is 112 cm³/mol. The molecule has 1 fully saturated rings. The molecule has 5 heteroatoms. The summed E-state index contributed by atoms with van der Waals surface area (Å²) >= 11 is 0. The van der Waals surface area contributed by atoms with Crippen molar-refractivity contribution in [3.8, 4) is 22.4 Å². The lowest BCUT2D eigenvalue weighted by atomic mass is 10.0. The summed E-state index contributed by atoms with van der Waals surface area (Å²) in [5.74, 6) is 0. The van der Waals surface area contributed by atoms with Crippen LogP contribution in [-0.4, -0.2) is 54.3 Å². The minimum atomic E-state index is 0.787. The number of ether oxygens (including phenoxy) is 1. The monoisotopic (exact) mass is 374 g/mol. The van der Waals surface area contributed by atoms with Gasteiger partial charge in [0.15, 0.2) is 0 Å². The standard InChI is InChI=1S/C23H26N4O/c1-2-4-19(5-3-1)21-16-22(17-25-10-11-27-12-14-28-15-13-27)23(26-18-21)20-6-8-24-9-7-20/h1-9,16,18,25H,10-15,17H2. The van der Waals surface area contributed by atoms with Crippen molar-refractivity contribution >= 4 is 0 Å². The van der Waals surface area contributed by atoms with E-state index in [4.69, 9.17) is 9.72 Å². The molecular formula is C23H26N4O. The molecule has 0 radical (unpaired) electrons. The van der Waals surface area contributed by atoms with E-state index in [0.717, 1.165) is 62.8 Å². The smallest absolute Gasteiger partial charge is 0.0748 e. The number of benzene rings is 1. The lowest BCUT2D eigenvalue weighted by Crippen LogP contribution is -2.40. The van der Waals surface area contributed by atoms with Gasteiger partial charge in [-0.15, -0.1) is 0 Å². The first kappa shape index (κ1) is 18.7. The first-order chi connectivity index (χ1) is 13.9. The lowest BCUT2D eigenvalue weighted by molar-refractivity contribution is 0.0384. The molecule has 3 heterocycles. The van der Waals surface area contributed by atoms with Gasteiger partial charge in [-0.1, -0.05) is 30.3 Å². The molecule has 5 nitrogen and oxygen atoms in total. The third-order valence-corrected chi connectivity index (χ3v) is 5.05. The fourth-order valence-electron chi connectivity index (χ4n) is 3.49. The first-order valence-electron chi connectivity index (χ1n) is 9.86. The van der Waals surface area contributed by atoms with Crippen LogP contribution in [0.5, 0.6) is 0 Å². The third-order valence-electron chi connectivity index (χ3n) is 5.05. The van der Waals surface area contributed by atoms with Gasteiger partial charge < -0.3 is 10.1 Å². The van der Waals surface area contributed by atoms with E-state index in [9.17, 15) is 0 Å². The molecule has 144 valence electrons. The van der Waals surface area contributed by atoms with Gasteiger partial charge in [-0.3, -0.25) is 14.9 Å². The van der Waals surface area contributed by atoms with Crippen molar-refractivity contribution in [1.82, 2.24) is 20.2 Å². The molecular weight excluding hydrogens is 348 g/mol. The number of morpholine rings is 1. The largest absolute Gasteiger partial charge is 0.379 e. The first-order valence-corrected chi connectivity index (χ1v) is 9.86. The van der Waals surface area contributed by atoms with Crippen LogP contribution in [-0.2, 0) is 11.3 Å². The molecule has 2 aromatic heterocycles. The second-order valence-electron chi connectivity index (χ2n) is 6.96. The Morgan fingerprint density at radius 2 is 1.71 bits per heavy atom. The van der Waals surface area contributed by atoms with E-state index in [1.165, 1.54) is 11.1 Å². The van der Waals surface area contributed by atoms with E-state index in [1.54, 1.807) is 0 Å². The molecule has 1 saturated heterocycles. The summed E-state index contributed by atoms with van der Waals surface area (Å²) in [7, 11) is 0. The van der Waals surface area contributed by atoms with Crippen molar-refractivity contribution in [3.05, 3.63) is 72.7 Å². The van der Waals surface area contributed by atoms with Crippen LogP contribution in [0.15, 0.2) is 67.1 Å². The Hall–Kier alpha value is -2.60. The summed E-state index contributed by atoms with van der Waals surface area (Å²) in [6.07, 6.45) is 5.60. The van der Waals surface area contributed by atoms with Crippen molar-refractivity contribution in [2.45, 2.75) is 6.54 Å². The Morgan fingerprint density at radius 3 is 2.50 bits per heavy atom. The topological polar surface area (TPSA) is 50.3 Å². The molecule has 0 spiro atoms. The highest BCUT2D eigenvalue weighted by molar-refractivity contribution is 5.69. The van der Waals surface area contributed by atoms with Crippen LogP contribution in [0.4, 0.5) is 0 Å². The number of rotatable bonds is 7. The summed E-state index contributed by atoms with van der Waals surface area (Å²) in [5.41, 5.74) is 5.64. The Labute approximate surface area is 166 Å². The second-order valence-corrected chi connectivity index (χ2v) is 6.96. The molecule has 0 bridgehead atoms. The zero-order valence-electron chi connectivity index (χ0n) is 16.1. The SMILES string of the molecule is c1ccc(-c2cnc(-c3ccncc3)c(CNCCN3CCOCC3)c2)cc1. The van der Waals surface area contributed by atoms with Crippen molar-refractivity contribution in [1.29, 1.82) is 0 Å². The highest BCUT2D eigenvalue weighted by Crippen LogP contribution is 2.26. The minimum Gasteiger partial charge on any atom is -0.379 e. The maximum atomic E-state index is 5.42.